The molecule has 130 valence electrons. The summed E-state index contributed by atoms with van der Waals surface area (Å²) in [7, 11) is -0.944. The fourth-order valence-electron chi connectivity index (χ4n) is 2.92. The maximum Gasteiger partial charge on any atom is 0.354 e. The number of hydrogen-bond acceptors (Lipinski definition) is 6. The van der Waals surface area contributed by atoms with E-state index in [2.05, 4.69) is 10.2 Å². The number of rotatable bonds is 4. The minimum atomic E-state index is -3.79. The van der Waals surface area contributed by atoms with Crippen LogP contribution in [0.4, 0.5) is 0 Å². The Morgan fingerprint density at radius 1 is 1.50 bits per heavy atom. The van der Waals surface area contributed by atoms with Gasteiger partial charge in [-0.05, 0) is 6.07 Å². The first kappa shape index (κ1) is 16.7. The van der Waals surface area contributed by atoms with Crippen molar-refractivity contribution in [2.24, 2.45) is 12.8 Å². The van der Waals surface area contributed by atoms with Gasteiger partial charge in [-0.15, -0.1) is 0 Å². The van der Waals surface area contributed by atoms with E-state index in [4.69, 9.17) is 10.5 Å². The van der Waals surface area contributed by atoms with Gasteiger partial charge in [-0.25, -0.2) is 13.2 Å². The number of carbonyl (C=O) groups is 1. The largest absolute Gasteiger partial charge is 0.464 e. The summed E-state index contributed by atoms with van der Waals surface area (Å²) >= 11 is 0. The van der Waals surface area contributed by atoms with Crippen LogP contribution < -0.4 is 5.73 Å². The zero-order valence-corrected chi connectivity index (χ0v) is 14.3. The quantitative estimate of drug-likeness (QED) is 0.730. The molecule has 0 radical (unpaired) electrons. The maximum absolute atomic E-state index is 13.0. The lowest BCUT2D eigenvalue weighted by Crippen LogP contribution is -2.36. The molecular formula is C14H19N5O4S. The van der Waals surface area contributed by atoms with Crippen LogP contribution in [0.1, 0.15) is 27.4 Å². The topological polar surface area (TPSA) is 123 Å². The van der Waals surface area contributed by atoms with Crippen LogP contribution in [0, 0.1) is 0 Å². The molecule has 1 aliphatic rings. The summed E-state index contributed by atoms with van der Waals surface area (Å²) in [6.45, 7) is 0.567. The fourth-order valence-corrected chi connectivity index (χ4v) is 4.61. The van der Waals surface area contributed by atoms with Gasteiger partial charge in [-0.2, -0.15) is 9.40 Å². The van der Waals surface area contributed by atoms with Gasteiger partial charge in [0.15, 0.2) is 0 Å². The molecule has 10 heteroatoms. The van der Waals surface area contributed by atoms with Crippen LogP contribution >= 0.6 is 0 Å². The molecule has 0 saturated heterocycles. The summed E-state index contributed by atoms with van der Waals surface area (Å²) in [6, 6.07) is 1.33. The second-order valence-electron chi connectivity index (χ2n) is 5.56. The lowest BCUT2D eigenvalue weighted by atomic mass is 10.1. The highest BCUT2D eigenvalue weighted by molar-refractivity contribution is 7.89. The summed E-state index contributed by atoms with van der Waals surface area (Å²) in [6.07, 6.45) is 2.19. The number of sulfonamides is 1. The summed E-state index contributed by atoms with van der Waals surface area (Å²) < 4.78 is 33.6. The number of nitrogens with zero attached hydrogens (tertiary/aromatic N) is 3. The van der Waals surface area contributed by atoms with E-state index in [0.29, 0.717) is 18.7 Å². The number of H-pyrrole nitrogens is 1. The first-order valence-electron chi connectivity index (χ1n) is 7.38. The Balaban J connectivity index is 2.03. The molecule has 0 bridgehead atoms. The van der Waals surface area contributed by atoms with Gasteiger partial charge in [0.2, 0.25) is 10.0 Å². The molecule has 0 aliphatic carbocycles. The summed E-state index contributed by atoms with van der Waals surface area (Å²) in [4.78, 5) is 11.9. The average molecular weight is 353 g/mol. The maximum atomic E-state index is 13.0. The van der Waals surface area contributed by atoms with Crippen LogP contribution in [0.5, 0.6) is 0 Å². The van der Waals surface area contributed by atoms with Gasteiger partial charge in [-0.1, -0.05) is 0 Å². The zero-order chi connectivity index (χ0) is 17.5. The number of aromatic nitrogens is 3. The number of nitrogens with two attached hydrogens (primary N) is 1. The van der Waals surface area contributed by atoms with Crippen molar-refractivity contribution in [2.45, 2.75) is 24.4 Å². The van der Waals surface area contributed by atoms with E-state index >= 15 is 0 Å². The molecule has 0 saturated carbocycles. The molecule has 3 heterocycles. The molecule has 0 fully saturated rings. The molecular weight excluding hydrogens is 334 g/mol. The second-order valence-corrected chi connectivity index (χ2v) is 7.46. The van der Waals surface area contributed by atoms with Gasteiger partial charge in [0.1, 0.15) is 10.6 Å². The van der Waals surface area contributed by atoms with E-state index in [1.54, 1.807) is 13.2 Å². The first-order chi connectivity index (χ1) is 11.4. The number of esters is 1. The van der Waals surface area contributed by atoms with Crippen molar-refractivity contribution in [1.29, 1.82) is 0 Å². The third kappa shape index (κ3) is 2.52. The first-order valence-corrected chi connectivity index (χ1v) is 8.82. The Morgan fingerprint density at radius 3 is 2.92 bits per heavy atom. The van der Waals surface area contributed by atoms with Gasteiger partial charge in [0.05, 0.1) is 19.0 Å². The van der Waals surface area contributed by atoms with Crippen molar-refractivity contribution in [3.05, 3.63) is 34.9 Å². The molecule has 0 atom stereocenters. The van der Waals surface area contributed by atoms with Crippen LogP contribution in [0.2, 0.25) is 0 Å². The second kappa shape index (κ2) is 6.04. The van der Waals surface area contributed by atoms with Crippen LogP contribution in [0.3, 0.4) is 0 Å². The van der Waals surface area contributed by atoms with E-state index in [1.807, 2.05) is 0 Å². The number of nitrogens with one attached hydrogen (secondary N) is 1. The highest BCUT2D eigenvalue weighted by Gasteiger charge is 2.33. The van der Waals surface area contributed by atoms with Crippen molar-refractivity contribution in [1.82, 2.24) is 19.1 Å². The normalized spacial score (nSPS) is 15.3. The Labute approximate surface area is 139 Å². The van der Waals surface area contributed by atoms with Gasteiger partial charge in [0, 0.05) is 44.4 Å². The van der Waals surface area contributed by atoms with E-state index in [-0.39, 0.29) is 23.7 Å². The standard InChI is InChI=1S/C14H19N5O4S/c1-18-11(14(20)23-2)5-13(12(18)6-15)24(21,22)19-4-3-10-9(8-19)7-16-17-10/h5,7H,3-4,6,8,15H2,1-2H3,(H,16,17). The van der Waals surface area contributed by atoms with Crippen molar-refractivity contribution >= 4 is 16.0 Å². The molecule has 2 aromatic rings. The Bertz CT molecular complexity index is 883. The summed E-state index contributed by atoms with van der Waals surface area (Å²) in [5.41, 5.74) is 8.04. The molecule has 24 heavy (non-hydrogen) atoms. The molecule has 9 nitrogen and oxygen atoms in total. The number of ether oxygens (including phenoxy) is 1. The molecule has 0 unspecified atom stereocenters. The van der Waals surface area contributed by atoms with Crippen molar-refractivity contribution in [2.75, 3.05) is 13.7 Å². The van der Waals surface area contributed by atoms with Crippen molar-refractivity contribution in [3.8, 4) is 0 Å². The van der Waals surface area contributed by atoms with E-state index in [9.17, 15) is 13.2 Å². The van der Waals surface area contributed by atoms with Gasteiger partial charge < -0.3 is 15.0 Å². The van der Waals surface area contributed by atoms with Crippen molar-refractivity contribution in [3.63, 3.8) is 0 Å². The van der Waals surface area contributed by atoms with E-state index in [1.165, 1.54) is 22.0 Å². The molecule has 3 rings (SSSR count). The fraction of sp³-hybridized carbons (Fsp3) is 0.429. The number of hydrogen-bond donors (Lipinski definition) is 2. The predicted molar refractivity (Wildman–Crippen MR) is 84.5 cm³/mol. The molecule has 2 aromatic heterocycles. The molecule has 0 amide bonds. The predicted octanol–water partition coefficient (Wildman–Crippen LogP) is -0.259. The Hall–Kier alpha value is -2.17. The lowest BCUT2D eigenvalue weighted by molar-refractivity contribution is 0.0589. The van der Waals surface area contributed by atoms with Gasteiger partial charge in [0.25, 0.3) is 0 Å². The summed E-state index contributed by atoms with van der Waals surface area (Å²) in [5.74, 6) is -0.607. The number of fused-ring (bicyclic) bond motifs is 1. The third-order valence-corrected chi connectivity index (χ3v) is 6.19. The highest BCUT2D eigenvalue weighted by Crippen LogP contribution is 2.28. The SMILES string of the molecule is COC(=O)c1cc(S(=O)(=O)N2CCc3[nH]ncc3C2)c(CN)n1C. The number of carbonyl (C=O) groups excluding carboxylic acids is 1. The Kier molecular flexibility index (Phi) is 4.20. The van der Waals surface area contributed by atoms with Gasteiger partial charge in [-0.3, -0.25) is 5.10 Å². The van der Waals surface area contributed by atoms with Crippen molar-refractivity contribution < 1.29 is 17.9 Å². The van der Waals surface area contributed by atoms with E-state index < -0.39 is 16.0 Å². The minimum absolute atomic E-state index is 0.00709. The molecule has 0 aromatic carbocycles. The van der Waals surface area contributed by atoms with E-state index in [0.717, 1.165) is 11.3 Å². The van der Waals surface area contributed by atoms with Crippen LogP contribution in [0.25, 0.3) is 0 Å². The van der Waals surface area contributed by atoms with Crippen LogP contribution in [-0.2, 0) is 41.3 Å². The zero-order valence-electron chi connectivity index (χ0n) is 13.4. The monoisotopic (exact) mass is 353 g/mol. The smallest absolute Gasteiger partial charge is 0.354 e. The molecule has 3 N–H and O–H groups in total. The molecule has 0 spiro atoms. The average Bonchev–Trinajstić information content (AvgIpc) is 3.17. The minimum Gasteiger partial charge on any atom is -0.464 e. The third-order valence-electron chi connectivity index (χ3n) is 4.29. The number of aromatic amines is 1. The molecule has 1 aliphatic heterocycles. The lowest BCUT2D eigenvalue weighted by Gasteiger charge is -2.25. The number of methoxy groups -OCH3 is 1. The van der Waals surface area contributed by atoms with Crippen LogP contribution in [0.15, 0.2) is 17.2 Å². The van der Waals surface area contributed by atoms with Crippen LogP contribution in [-0.4, -0.2) is 47.1 Å². The van der Waals surface area contributed by atoms with Gasteiger partial charge >= 0.3 is 5.97 Å². The summed E-state index contributed by atoms with van der Waals surface area (Å²) in [5, 5.41) is 6.82. The highest BCUT2D eigenvalue weighted by atomic mass is 32.2. The Morgan fingerprint density at radius 2 is 2.25 bits per heavy atom.